The average Bonchev–Trinajstić information content (AvgIpc) is 3.12. The molecule has 6 heteroatoms. The van der Waals surface area contributed by atoms with Gasteiger partial charge in [-0.15, -0.1) is 5.10 Å². The van der Waals surface area contributed by atoms with Gasteiger partial charge in [0.05, 0.1) is 11.9 Å². The van der Waals surface area contributed by atoms with Crippen LogP contribution in [0.5, 0.6) is 0 Å². The topological polar surface area (TPSA) is 59.8 Å². The monoisotopic (exact) mass is 288 g/mol. The van der Waals surface area contributed by atoms with Crippen molar-refractivity contribution in [2.24, 2.45) is 0 Å². The molecule has 0 bridgehead atoms. The maximum atomic E-state index is 13.3. The number of nitrogens with one attached hydrogen (secondary N) is 1. The zero-order chi connectivity index (χ0) is 14.8. The highest BCUT2D eigenvalue weighted by molar-refractivity contribution is 5.92. The summed E-state index contributed by atoms with van der Waals surface area (Å²) in [5, 5.41) is 10.8. The van der Waals surface area contributed by atoms with Gasteiger partial charge in [-0.05, 0) is 43.5 Å². The van der Waals surface area contributed by atoms with Crippen LogP contribution >= 0.6 is 0 Å². The molecular weight excluding hydrogens is 271 g/mol. The first-order valence-electron chi connectivity index (χ1n) is 7.13. The molecule has 1 amide bonds. The molecule has 1 heterocycles. The van der Waals surface area contributed by atoms with Crippen molar-refractivity contribution in [3.63, 3.8) is 0 Å². The van der Waals surface area contributed by atoms with E-state index >= 15 is 0 Å². The van der Waals surface area contributed by atoms with Crippen LogP contribution < -0.4 is 5.32 Å². The fourth-order valence-corrected chi connectivity index (χ4v) is 2.59. The molecule has 0 radical (unpaired) electrons. The van der Waals surface area contributed by atoms with Gasteiger partial charge in [0, 0.05) is 6.04 Å². The van der Waals surface area contributed by atoms with Gasteiger partial charge in [0.25, 0.3) is 5.91 Å². The lowest BCUT2D eigenvalue weighted by Gasteiger charge is -2.09. The predicted molar refractivity (Wildman–Crippen MR) is 75.8 cm³/mol. The lowest BCUT2D eigenvalue weighted by molar-refractivity contribution is 0.0932. The average molecular weight is 288 g/mol. The Labute approximate surface area is 122 Å². The van der Waals surface area contributed by atoms with Crippen molar-refractivity contribution in [1.82, 2.24) is 20.3 Å². The first kappa shape index (κ1) is 13.7. The lowest BCUT2D eigenvalue weighted by atomic mass is 10.2. The molecule has 0 saturated heterocycles. The Morgan fingerprint density at radius 2 is 2.14 bits per heavy atom. The third-order valence-electron chi connectivity index (χ3n) is 3.82. The minimum atomic E-state index is -0.266. The summed E-state index contributed by atoms with van der Waals surface area (Å²) < 4.78 is 14.7. The summed E-state index contributed by atoms with van der Waals surface area (Å²) in [7, 11) is 0. The van der Waals surface area contributed by atoms with Crippen molar-refractivity contribution in [3.05, 3.63) is 41.5 Å². The number of hydrogen-bond acceptors (Lipinski definition) is 3. The van der Waals surface area contributed by atoms with Crippen molar-refractivity contribution >= 4 is 5.91 Å². The van der Waals surface area contributed by atoms with E-state index in [9.17, 15) is 9.18 Å². The third kappa shape index (κ3) is 2.94. The van der Waals surface area contributed by atoms with Crippen molar-refractivity contribution in [1.29, 1.82) is 0 Å². The third-order valence-corrected chi connectivity index (χ3v) is 3.82. The normalized spacial score (nSPS) is 15.3. The van der Waals surface area contributed by atoms with Gasteiger partial charge in [-0.1, -0.05) is 18.1 Å². The van der Waals surface area contributed by atoms with Crippen LogP contribution in [0.3, 0.4) is 0 Å². The van der Waals surface area contributed by atoms with Crippen LogP contribution in [0.1, 0.15) is 41.7 Å². The van der Waals surface area contributed by atoms with Crippen LogP contribution in [-0.4, -0.2) is 26.9 Å². The van der Waals surface area contributed by atoms with Gasteiger partial charge in [0.15, 0.2) is 5.69 Å². The number of aryl methyl sites for hydroxylation is 1. The largest absolute Gasteiger partial charge is 0.348 e. The molecule has 110 valence electrons. The van der Waals surface area contributed by atoms with E-state index in [0.717, 1.165) is 25.7 Å². The zero-order valence-corrected chi connectivity index (χ0v) is 11.8. The number of nitrogens with zero attached hydrogens (tertiary/aromatic N) is 3. The minimum absolute atomic E-state index is 0.202. The highest BCUT2D eigenvalue weighted by atomic mass is 19.1. The summed E-state index contributed by atoms with van der Waals surface area (Å²) in [5.74, 6) is -0.468. The number of carbonyl (C=O) groups excluding carboxylic acids is 1. The van der Waals surface area contributed by atoms with E-state index in [1.165, 1.54) is 10.7 Å². The van der Waals surface area contributed by atoms with Crippen LogP contribution in [0.25, 0.3) is 5.69 Å². The standard InChI is InChI=1S/C15H17FN4O/c1-10-8-12(6-7-13(10)16)20-9-14(18-19-20)15(21)17-11-4-2-3-5-11/h6-9,11H,2-5H2,1H3,(H,17,21). The molecule has 1 N–H and O–H groups in total. The van der Waals surface area contributed by atoms with E-state index in [-0.39, 0.29) is 23.5 Å². The Balaban J connectivity index is 1.75. The summed E-state index contributed by atoms with van der Waals surface area (Å²) in [6.45, 7) is 1.68. The highest BCUT2D eigenvalue weighted by Gasteiger charge is 2.19. The van der Waals surface area contributed by atoms with Crippen molar-refractivity contribution in [3.8, 4) is 5.69 Å². The molecule has 1 aromatic carbocycles. The Hall–Kier alpha value is -2.24. The number of rotatable bonds is 3. The lowest BCUT2D eigenvalue weighted by Crippen LogP contribution is -2.32. The van der Waals surface area contributed by atoms with Crippen molar-refractivity contribution < 1.29 is 9.18 Å². The van der Waals surface area contributed by atoms with Gasteiger partial charge in [-0.3, -0.25) is 4.79 Å². The van der Waals surface area contributed by atoms with E-state index in [1.807, 2.05) is 0 Å². The molecular formula is C15H17FN4O. The van der Waals surface area contributed by atoms with Crippen molar-refractivity contribution in [2.75, 3.05) is 0 Å². The molecule has 0 atom stereocenters. The molecule has 0 unspecified atom stereocenters. The molecule has 1 fully saturated rings. The van der Waals surface area contributed by atoms with Gasteiger partial charge in [-0.25, -0.2) is 9.07 Å². The summed E-state index contributed by atoms with van der Waals surface area (Å²) in [6, 6.07) is 4.90. The first-order valence-corrected chi connectivity index (χ1v) is 7.13. The number of aromatic nitrogens is 3. The minimum Gasteiger partial charge on any atom is -0.348 e. The number of halogens is 1. The predicted octanol–water partition coefficient (Wildman–Crippen LogP) is 2.39. The Morgan fingerprint density at radius 3 is 2.86 bits per heavy atom. The molecule has 1 aliphatic rings. The van der Waals surface area contributed by atoms with E-state index in [0.29, 0.717) is 11.3 Å². The number of benzene rings is 1. The van der Waals surface area contributed by atoms with Crippen LogP contribution in [0.15, 0.2) is 24.4 Å². The summed E-state index contributed by atoms with van der Waals surface area (Å²) in [5.41, 5.74) is 1.49. The second-order valence-electron chi connectivity index (χ2n) is 5.44. The Kier molecular flexibility index (Phi) is 3.68. The molecule has 2 aromatic rings. The number of amides is 1. The van der Waals surface area contributed by atoms with Crippen molar-refractivity contribution in [2.45, 2.75) is 38.6 Å². The number of carbonyl (C=O) groups is 1. The van der Waals surface area contributed by atoms with Crippen LogP contribution in [0.4, 0.5) is 4.39 Å². The summed E-state index contributed by atoms with van der Waals surface area (Å²) in [6.07, 6.45) is 5.93. The fraction of sp³-hybridized carbons (Fsp3) is 0.400. The maximum absolute atomic E-state index is 13.3. The van der Waals surface area contributed by atoms with E-state index in [4.69, 9.17) is 0 Å². The van der Waals surface area contributed by atoms with Crippen LogP contribution in [-0.2, 0) is 0 Å². The van der Waals surface area contributed by atoms with Crippen LogP contribution in [0.2, 0.25) is 0 Å². The molecule has 3 rings (SSSR count). The molecule has 1 aliphatic carbocycles. The number of hydrogen-bond donors (Lipinski definition) is 1. The second-order valence-corrected chi connectivity index (χ2v) is 5.44. The van der Waals surface area contributed by atoms with E-state index < -0.39 is 0 Å². The van der Waals surface area contributed by atoms with Gasteiger partial charge < -0.3 is 5.32 Å². The molecule has 5 nitrogen and oxygen atoms in total. The molecule has 21 heavy (non-hydrogen) atoms. The van der Waals surface area contributed by atoms with Gasteiger partial charge in [0.2, 0.25) is 0 Å². The maximum Gasteiger partial charge on any atom is 0.273 e. The van der Waals surface area contributed by atoms with Gasteiger partial charge >= 0.3 is 0 Å². The highest BCUT2D eigenvalue weighted by Crippen LogP contribution is 2.18. The quantitative estimate of drug-likeness (QED) is 0.943. The Bertz CT molecular complexity index is 661. The second kappa shape index (κ2) is 5.63. The molecule has 1 saturated carbocycles. The summed E-state index contributed by atoms with van der Waals surface area (Å²) in [4.78, 5) is 12.1. The smallest absolute Gasteiger partial charge is 0.273 e. The van der Waals surface area contributed by atoms with E-state index in [1.54, 1.807) is 25.3 Å². The SMILES string of the molecule is Cc1cc(-n2cc(C(=O)NC3CCCC3)nn2)ccc1F. The fourth-order valence-electron chi connectivity index (χ4n) is 2.59. The van der Waals surface area contributed by atoms with Crippen LogP contribution in [0, 0.1) is 12.7 Å². The van der Waals surface area contributed by atoms with E-state index in [2.05, 4.69) is 15.6 Å². The summed E-state index contributed by atoms with van der Waals surface area (Å²) >= 11 is 0. The van der Waals surface area contributed by atoms with Gasteiger partial charge in [0.1, 0.15) is 5.82 Å². The molecule has 0 spiro atoms. The zero-order valence-electron chi connectivity index (χ0n) is 11.8. The molecule has 0 aliphatic heterocycles. The Morgan fingerprint density at radius 1 is 1.38 bits per heavy atom. The first-order chi connectivity index (χ1) is 10.1. The van der Waals surface area contributed by atoms with Gasteiger partial charge in [-0.2, -0.15) is 0 Å². The molecule has 1 aromatic heterocycles.